The van der Waals surface area contributed by atoms with Crippen molar-refractivity contribution >= 4 is 39.3 Å². The van der Waals surface area contributed by atoms with E-state index in [-0.39, 0.29) is 30.2 Å². The van der Waals surface area contributed by atoms with Gasteiger partial charge in [0.25, 0.3) is 5.91 Å². The molecule has 6 nitrogen and oxygen atoms in total. The van der Waals surface area contributed by atoms with E-state index in [1.165, 1.54) is 0 Å². The molecule has 30 heavy (non-hydrogen) atoms. The molecule has 3 amide bonds. The first-order chi connectivity index (χ1) is 14.4. The largest absolute Gasteiger partial charge is 0.352 e. The minimum absolute atomic E-state index is 0.0641. The van der Waals surface area contributed by atoms with Crippen molar-refractivity contribution in [3.05, 3.63) is 64.1 Å². The number of para-hydroxylation sites is 1. The number of hydrogen-bond acceptors (Lipinski definition) is 3. The van der Waals surface area contributed by atoms with Crippen LogP contribution in [0.25, 0.3) is 0 Å². The van der Waals surface area contributed by atoms with E-state index in [0.29, 0.717) is 18.7 Å². The molecule has 1 fully saturated rings. The number of amides is 3. The van der Waals surface area contributed by atoms with Crippen LogP contribution in [0.15, 0.2) is 53.0 Å². The lowest BCUT2D eigenvalue weighted by Crippen LogP contribution is -2.33. The molecule has 7 heteroatoms. The Bertz CT molecular complexity index is 947. The quantitative estimate of drug-likeness (QED) is 0.646. The van der Waals surface area contributed by atoms with Crippen LogP contribution in [0.1, 0.15) is 42.6 Å². The Morgan fingerprint density at radius 3 is 2.70 bits per heavy atom. The number of carbonyl (C=O) groups is 3. The maximum Gasteiger partial charge on any atom is 0.251 e. The summed E-state index contributed by atoms with van der Waals surface area (Å²) in [7, 11) is 0. The van der Waals surface area contributed by atoms with Crippen molar-refractivity contribution in [1.29, 1.82) is 0 Å². The maximum atomic E-state index is 12.6. The first-order valence-electron chi connectivity index (χ1n) is 10.1. The summed E-state index contributed by atoms with van der Waals surface area (Å²) >= 11 is 3.46. The van der Waals surface area contributed by atoms with Crippen molar-refractivity contribution in [2.75, 3.05) is 11.4 Å². The smallest absolute Gasteiger partial charge is 0.251 e. The lowest BCUT2D eigenvalue weighted by molar-refractivity contribution is -0.126. The van der Waals surface area contributed by atoms with Crippen LogP contribution in [0, 0.1) is 5.92 Å². The highest BCUT2D eigenvalue weighted by molar-refractivity contribution is 9.10. The zero-order valence-electron chi connectivity index (χ0n) is 17.2. The second kappa shape index (κ2) is 9.89. The summed E-state index contributed by atoms with van der Waals surface area (Å²) in [6, 6.07) is 14.8. The summed E-state index contributed by atoms with van der Waals surface area (Å²) in [6.07, 6.45) is 1.04. The molecule has 2 unspecified atom stereocenters. The van der Waals surface area contributed by atoms with Gasteiger partial charge >= 0.3 is 0 Å². The van der Waals surface area contributed by atoms with Gasteiger partial charge in [-0.3, -0.25) is 14.4 Å². The minimum Gasteiger partial charge on any atom is -0.352 e. The molecule has 2 atom stereocenters. The fraction of sp³-hybridized carbons (Fsp3) is 0.348. The highest BCUT2D eigenvalue weighted by Crippen LogP contribution is 2.31. The van der Waals surface area contributed by atoms with E-state index < -0.39 is 5.92 Å². The van der Waals surface area contributed by atoms with E-state index in [9.17, 15) is 14.4 Å². The third-order valence-electron chi connectivity index (χ3n) is 5.28. The van der Waals surface area contributed by atoms with Gasteiger partial charge in [-0.25, -0.2) is 0 Å². The van der Waals surface area contributed by atoms with Crippen molar-refractivity contribution in [3.63, 3.8) is 0 Å². The van der Waals surface area contributed by atoms with E-state index in [2.05, 4.69) is 26.6 Å². The molecule has 2 N–H and O–H groups in total. The average molecular weight is 472 g/mol. The summed E-state index contributed by atoms with van der Waals surface area (Å²) in [4.78, 5) is 39.0. The molecule has 158 valence electrons. The van der Waals surface area contributed by atoms with Gasteiger partial charge in [0.05, 0.1) is 11.6 Å². The molecule has 1 heterocycles. The van der Waals surface area contributed by atoms with Gasteiger partial charge in [0, 0.05) is 35.6 Å². The third kappa shape index (κ3) is 5.27. The second-order valence-corrected chi connectivity index (χ2v) is 8.41. The van der Waals surface area contributed by atoms with Crippen molar-refractivity contribution in [2.24, 2.45) is 5.92 Å². The van der Waals surface area contributed by atoms with Crippen molar-refractivity contribution in [1.82, 2.24) is 10.6 Å². The van der Waals surface area contributed by atoms with Crippen LogP contribution < -0.4 is 15.5 Å². The van der Waals surface area contributed by atoms with Gasteiger partial charge in [0.15, 0.2) is 0 Å². The third-order valence-corrected chi connectivity index (χ3v) is 5.96. The Kier molecular flexibility index (Phi) is 7.26. The van der Waals surface area contributed by atoms with E-state index in [1.54, 1.807) is 23.1 Å². The van der Waals surface area contributed by atoms with Crippen LogP contribution >= 0.6 is 15.9 Å². The number of halogens is 1. The van der Waals surface area contributed by atoms with Gasteiger partial charge in [0.2, 0.25) is 11.8 Å². The highest BCUT2D eigenvalue weighted by Gasteiger charge is 2.35. The molecule has 0 radical (unpaired) electrons. The van der Waals surface area contributed by atoms with Crippen LogP contribution in [0.4, 0.5) is 5.69 Å². The van der Waals surface area contributed by atoms with Crippen LogP contribution in [0.5, 0.6) is 0 Å². The van der Waals surface area contributed by atoms with Gasteiger partial charge in [-0.05, 0) is 59.1 Å². The Morgan fingerprint density at radius 1 is 1.20 bits per heavy atom. The predicted octanol–water partition coefficient (Wildman–Crippen LogP) is 3.65. The zero-order chi connectivity index (χ0) is 21.7. The average Bonchev–Trinajstić information content (AvgIpc) is 3.14. The molecular weight excluding hydrogens is 446 g/mol. The lowest BCUT2D eigenvalue weighted by Gasteiger charge is -2.18. The van der Waals surface area contributed by atoms with Crippen LogP contribution in [0.2, 0.25) is 0 Å². The monoisotopic (exact) mass is 471 g/mol. The van der Waals surface area contributed by atoms with Gasteiger partial charge in [-0.2, -0.15) is 0 Å². The molecule has 1 saturated heterocycles. The Labute approximate surface area is 185 Å². The molecule has 0 saturated carbocycles. The first kappa shape index (κ1) is 22.0. The molecule has 2 aromatic rings. The van der Waals surface area contributed by atoms with Crippen LogP contribution in [-0.2, 0) is 16.1 Å². The first-order valence-corrected chi connectivity index (χ1v) is 10.9. The standard InChI is InChI=1S/C23H26BrN3O3/c1-3-15(2)26-23(30)17-8-6-7-16(11-17)13-25-22(29)18-12-21(28)27(14-18)20-10-5-4-9-19(20)24/h4-11,15,18H,3,12-14H2,1-2H3,(H,25,29)(H,26,30). The van der Waals surface area contributed by atoms with Crippen molar-refractivity contribution in [2.45, 2.75) is 39.3 Å². The number of anilines is 1. The summed E-state index contributed by atoms with van der Waals surface area (Å²) in [5, 5.41) is 5.84. The summed E-state index contributed by atoms with van der Waals surface area (Å²) in [5.41, 5.74) is 2.18. The zero-order valence-corrected chi connectivity index (χ0v) is 18.7. The molecule has 1 aliphatic rings. The fourth-order valence-corrected chi connectivity index (χ4v) is 3.85. The van der Waals surface area contributed by atoms with E-state index in [1.807, 2.05) is 44.2 Å². The Balaban J connectivity index is 1.59. The highest BCUT2D eigenvalue weighted by atomic mass is 79.9. The number of nitrogens with one attached hydrogen (secondary N) is 2. The number of rotatable bonds is 7. The molecule has 1 aliphatic heterocycles. The SMILES string of the molecule is CCC(C)NC(=O)c1cccc(CNC(=O)C2CC(=O)N(c3ccccc3Br)C2)c1. The minimum atomic E-state index is -0.401. The number of carbonyl (C=O) groups excluding carboxylic acids is 3. The van der Waals surface area contributed by atoms with Gasteiger partial charge in [0.1, 0.15) is 0 Å². The fourth-order valence-electron chi connectivity index (χ4n) is 3.35. The van der Waals surface area contributed by atoms with Gasteiger partial charge in [-0.1, -0.05) is 31.2 Å². The Morgan fingerprint density at radius 2 is 1.97 bits per heavy atom. The molecule has 0 bridgehead atoms. The lowest BCUT2D eigenvalue weighted by atomic mass is 10.1. The molecule has 0 aliphatic carbocycles. The maximum absolute atomic E-state index is 12.6. The van der Waals surface area contributed by atoms with Gasteiger partial charge in [-0.15, -0.1) is 0 Å². The van der Waals surface area contributed by atoms with E-state index in [0.717, 1.165) is 22.1 Å². The summed E-state index contributed by atoms with van der Waals surface area (Å²) in [6.45, 7) is 4.64. The van der Waals surface area contributed by atoms with Crippen LogP contribution in [0.3, 0.4) is 0 Å². The molecule has 3 rings (SSSR count). The summed E-state index contributed by atoms with van der Waals surface area (Å²) in [5.74, 6) is -0.748. The molecule has 0 aromatic heterocycles. The number of hydrogen-bond donors (Lipinski definition) is 2. The molecular formula is C23H26BrN3O3. The molecule has 2 aromatic carbocycles. The number of benzene rings is 2. The normalized spacial score (nSPS) is 17.0. The van der Waals surface area contributed by atoms with E-state index >= 15 is 0 Å². The van der Waals surface area contributed by atoms with Crippen LogP contribution in [-0.4, -0.2) is 30.3 Å². The van der Waals surface area contributed by atoms with E-state index in [4.69, 9.17) is 0 Å². The Hall–Kier alpha value is -2.67. The predicted molar refractivity (Wildman–Crippen MR) is 120 cm³/mol. The van der Waals surface area contributed by atoms with Gasteiger partial charge < -0.3 is 15.5 Å². The topological polar surface area (TPSA) is 78.5 Å². The number of nitrogens with zero attached hydrogens (tertiary/aromatic N) is 1. The second-order valence-electron chi connectivity index (χ2n) is 7.56. The van der Waals surface area contributed by atoms with Crippen molar-refractivity contribution < 1.29 is 14.4 Å². The molecule has 0 spiro atoms. The van der Waals surface area contributed by atoms with Crippen molar-refractivity contribution in [3.8, 4) is 0 Å². The summed E-state index contributed by atoms with van der Waals surface area (Å²) < 4.78 is 0.826.